The van der Waals surface area contributed by atoms with Gasteiger partial charge in [-0.25, -0.2) is 0 Å². The van der Waals surface area contributed by atoms with E-state index in [-0.39, 0.29) is 19.0 Å². The molecule has 0 saturated heterocycles. The number of nitrogens with one attached hydrogen (secondary N) is 1. The van der Waals surface area contributed by atoms with E-state index in [0.29, 0.717) is 45.3 Å². The molecule has 0 aliphatic carbocycles. The number of anilines is 1. The van der Waals surface area contributed by atoms with E-state index in [0.717, 1.165) is 10.0 Å². The van der Waals surface area contributed by atoms with E-state index in [1.165, 1.54) is 6.08 Å². The molecule has 35 heavy (non-hydrogen) atoms. The number of benzene rings is 3. The first-order valence-corrected chi connectivity index (χ1v) is 12.2. The topological polar surface area (TPSA) is 89.8 Å². The molecule has 0 radical (unpaired) electrons. The quantitative estimate of drug-likeness (QED) is 0.236. The van der Waals surface area contributed by atoms with E-state index < -0.39 is 5.91 Å². The molecule has 1 aliphatic rings. The molecule has 178 valence electrons. The minimum atomic E-state index is -0.515. The lowest BCUT2D eigenvalue weighted by molar-refractivity contribution is -0.112. The lowest BCUT2D eigenvalue weighted by Gasteiger charge is -2.14. The molecule has 0 spiro atoms. The van der Waals surface area contributed by atoms with E-state index in [2.05, 4.69) is 37.2 Å². The second-order valence-corrected chi connectivity index (χ2v) is 9.13. The molecular formula is C26H20Br2N2O5. The molecule has 9 heteroatoms. The highest BCUT2D eigenvalue weighted by atomic mass is 79.9. The van der Waals surface area contributed by atoms with E-state index >= 15 is 0 Å². The molecule has 3 aromatic rings. The van der Waals surface area contributed by atoms with Gasteiger partial charge >= 0.3 is 0 Å². The van der Waals surface area contributed by atoms with Crippen molar-refractivity contribution in [2.75, 3.05) is 18.7 Å². The van der Waals surface area contributed by atoms with Gasteiger partial charge in [-0.3, -0.25) is 4.79 Å². The van der Waals surface area contributed by atoms with Crippen LogP contribution in [0.3, 0.4) is 0 Å². The Morgan fingerprint density at radius 1 is 1.09 bits per heavy atom. The third-order valence-electron chi connectivity index (χ3n) is 4.94. The van der Waals surface area contributed by atoms with Gasteiger partial charge in [0.2, 0.25) is 6.79 Å². The molecule has 3 aromatic carbocycles. The van der Waals surface area contributed by atoms with Gasteiger partial charge in [0.25, 0.3) is 5.91 Å². The molecule has 1 aliphatic heterocycles. The minimum absolute atomic E-state index is 0.0536. The highest BCUT2D eigenvalue weighted by Crippen LogP contribution is 2.37. The van der Waals surface area contributed by atoms with E-state index in [4.69, 9.17) is 18.9 Å². The number of hydrogen-bond acceptors (Lipinski definition) is 6. The lowest BCUT2D eigenvalue weighted by atomic mass is 10.1. The van der Waals surface area contributed by atoms with Crippen LogP contribution in [0.4, 0.5) is 5.69 Å². The van der Waals surface area contributed by atoms with Crippen molar-refractivity contribution >= 4 is 49.5 Å². The number of halogens is 2. The van der Waals surface area contributed by atoms with Gasteiger partial charge in [-0.2, -0.15) is 5.26 Å². The Bertz CT molecular complexity index is 1330. The molecule has 0 aromatic heterocycles. The zero-order chi connectivity index (χ0) is 24.8. The first-order chi connectivity index (χ1) is 17.0. The number of carbonyl (C=O) groups excluding carboxylic acids is 1. The summed E-state index contributed by atoms with van der Waals surface area (Å²) in [5, 5.41) is 12.3. The van der Waals surface area contributed by atoms with Crippen LogP contribution in [0, 0.1) is 11.3 Å². The molecule has 0 unspecified atom stereocenters. The third-order valence-corrected chi connectivity index (χ3v) is 6.12. The summed E-state index contributed by atoms with van der Waals surface area (Å²) < 4.78 is 24.0. The summed E-state index contributed by atoms with van der Waals surface area (Å²) in [6.07, 6.45) is 1.50. The predicted octanol–water partition coefficient (Wildman–Crippen LogP) is 6.46. The van der Waals surface area contributed by atoms with Crippen molar-refractivity contribution in [1.29, 1.82) is 5.26 Å². The summed E-state index contributed by atoms with van der Waals surface area (Å²) in [4.78, 5) is 12.7. The van der Waals surface area contributed by atoms with Gasteiger partial charge in [-0.05, 0) is 66.6 Å². The maximum absolute atomic E-state index is 12.7. The fourth-order valence-electron chi connectivity index (χ4n) is 3.30. The lowest BCUT2D eigenvalue weighted by Crippen LogP contribution is -2.13. The van der Waals surface area contributed by atoms with Crippen molar-refractivity contribution in [3.05, 3.63) is 80.2 Å². The minimum Gasteiger partial charge on any atom is -0.490 e. The Labute approximate surface area is 219 Å². The summed E-state index contributed by atoms with van der Waals surface area (Å²) in [5.41, 5.74) is 2.03. The average Bonchev–Trinajstić information content (AvgIpc) is 3.31. The first kappa shape index (κ1) is 24.6. The van der Waals surface area contributed by atoms with Gasteiger partial charge < -0.3 is 24.3 Å². The van der Waals surface area contributed by atoms with Crippen molar-refractivity contribution in [1.82, 2.24) is 0 Å². The number of hydrogen-bond donors (Lipinski definition) is 1. The Morgan fingerprint density at radius 2 is 1.89 bits per heavy atom. The fraction of sp³-hybridized carbons (Fsp3) is 0.154. The van der Waals surface area contributed by atoms with Crippen molar-refractivity contribution in [3.8, 4) is 29.1 Å². The van der Waals surface area contributed by atoms with Crippen LogP contribution < -0.4 is 24.3 Å². The van der Waals surface area contributed by atoms with E-state index in [1.54, 1.807) is 30.3 Å². The van der Waals surface area contributed by atoms with Crippen LogP contribution in [-0.2, 0) is 11.4 Å². The smallest absolute Gasteiger partial charge is 0.266 e. The molecule has 0 atom stereocenters. The highest BCUT2D eigenvalue weighted by molar-refractivity contribution is 9.10. The summed E-state index contributed by atoms with van der Waals surface area (Å²) in [5.74, 6) is 1.89. The Morgan fingerprint density at radius 3 is 2.66 bits per heavy atom. The number of carbonyl (C=O) groups is 1. The highest BCUT2D eigenvalue weighted by Gasteiger charge is 2.16. The number of ether oxygens (including phenoxy) is 4. The molecule has 0 fully saturated rings. The van der Waals surface area contributed by atoms with Gasteiger partial charge in [0.05, 0.1) is 6.61 Å². The number of fused-ring (bicyclic) bond motifs is 1. The second kappa shape index (κ2) is 11.3. The maximum atomic E-state index is 12.7. The Hall–Kier alpha value is -3.48. The summed E-state index contributed by atoms with van der Waals surface area (Å²) in [6, 6.07) is 18.2. The van der Waals surface area contributed by atoms with Gasteiger partial charge in [0.15, 0.2) is 23.0 Å². The largest absolute Gasteiger partial charge is 0.490 e. The predicted molar refractivity (Wildman–Crippen MR) is 139 cm³/mol. The van der Waals surface area contributed by atoms with Crippen LogP contribution in [0.2, 0.25) is 0 Å². The van der Waals surface area contributed by atoms with Crippen LogP contribution in [0.15, 0.2) is 69.1 Å². The van der Waals surface area contributed by atoms with Gasteiger partial charge in [-0.1, -0.05) is 44.0 Å². The Balaban J connectivity index is 1.54. The number of rotatable bonds is 8. The van der Waals surface area contributed by atoms with Crippen molar-refractivity contribution in [2.24, 2.45) is 0 Å². The molecular weight excluding hydrogens is 580 g/mol. The normalized spacial score (nSPS) is 12.1. The molecule has 7 nitrogen and oxygen atoms in total. The summed E-state index contributed by atoms with van der Waals surface area (Å²) in [7, 11) is 0. The molecule has 0 saturated carbocycles. The molecule has 4 rings (SSSR count). The van der Waals surface area contributed by atoms with Crippen LogP contribution in [0.25, 0.3) is 6.08 Å². The zero-order valence-corrected chi connectivity index (χ0v) is 21.8. The molecule has 1 N–H and O–H groups in total. The monoisotopic (exact) mass is 598 g/mol. The third kappa shape index (κ3) is 6.15. The van der Waals surface area contributed by atoms with Crippen LogP contribution in [0.5, 0.6) is 23.0 Å². The average molecular weight is 600 g/mol. The number of amides is 1. The first-order valence-electron chi connectivity index (χ1n) is 10.6. The number of nitriles is 1. The summed E-state index contributed by atoms with van der Waals surface area (Å²) >= 11 is 6.88. The van der Waals surface area contributed by atoms with E-state index in [9.17, 15) is 10.1 Å². The molecule has 1 amide bonds. The van der Waals surface area contributed by atoms with Crippen molar-refractivity contribution < 1.29 is 23.7 Å². The zero-order valence-electron chi connectivity index (χ0n) is 18.6. The molecule has 0 bridgehead atoms. The summed E-state index contributed by atoms with van der Waals surface area (Å²) in [6.45, 7) is 2.78. The van der Waals surface area contributed by atoms with Gasteiger partial charge in [0.1, 0.15) is 18.2 Å². The van der Waals surface area contributed by atoms with Crippen LogP contribution >= 0.6 is 31.9 Å². The van der Waals surface area contributed by atoms with Crippen LogP contribution in [0.1, 0.15) is 18.1 Å². The standard InChI is InChI=1S/C26H20Br2N2O5/c1-2-32-24-10-17(9-18(13-29)26(31)30-20-5-3-4-19(27)11-20)21(28)12-25(24)33-14-16-6-7-22-23(8-16)35-15-34-22/h3-12H,2,14-15H2,1H3,(H,30,31)/b18-9-. The van der Waals surface area contributed by atoms with Gasteiger partial charge in [-0.15, -0.1) is 0 Å². The van der Waals surface area contributed by atoms with Gasteiger partial charge in [0, 0.05) is 14.6 Å². The van der Waals surface area contributed by atoms with E-state index in [1.807, 2.05) is 37.3 Å². The van der Waals surface area contributed by atoms with Crippen LogP contribution in [-0.4, -0.2) is 19.3 Å². The fourth-order valence-corrected chi connectivity index (χ4v) is 4.14. The SMILES string of the molecule is CCOc1cc(/C=C(/C#N)C(=O)Nc2cccc(Br)c2)c(Br)cc1OCc1ccc2c(c1)OCO2. The number of nitrogens with zero attached hydrogens (tertiary/aromatic N) is 1. The Kier molecular flexibility index (Phi) is 7.95. The van der Waals surface area contributed by atoms with Crippen molar-refractivity contribution in [2.45, 2.75) is 13.5 Å². The molecule has 1 heterocycles. The maximum Gasteiger partial charge on any atom is 0.266 e. The second-order valence-electron chi connectivity index (χ2n) is 7.36. The van der Waals surface area contributed by atoms with Crippen molar-refractivity contribution in [3.63, 3.8) is 0 Å².